The second-order valence-corrected chi connectivity index (χ2v) is 8.09. The summed E-state index contributed by atoms with van der Waals surface area (Å²) in [6.07, 6.45) is 10.6. The number of hydrogen-bond donors (Lipinski definition) is 2. The maximum Gasteiger partial charge on any atom is 0.191 e. The Balaban J connectivity index is 0.00000300. The highest BCUT2D eigenvalue weighted by Crippen LogP contribution is 2.28. The van der Waals surface area contributed by atoms with Crippen LogP contribution in [0.1, 0.15) is 62.5 Å². The molecular weight excluding hydrogens is 477 g/mol. The van der Waals surface area contributed by atoms with Crippen LogP contribution in [0.4, 0.5) is 0 Å². The molecule has 1 heterocycles. The van der Waals surface area contributed by atoms with Crippen molar-refractivity contribution in [2.24, 2.45) is 10.9 Å². The molecule has 0 spiro atoms. The Bertz CT molecular complexity index is 600. The summed E-state index contributed by atoms with van der Waals surface area (Å²) in [7, 11) is 1.84. The Morgan fingerprint density at radius 3 is 2.62 bits per heavy atom. The first-order chi connectivity index (χ1) is 13.8. The predicted octanol–water partition coefficient (Wildman–Crippen LogP) is 4.64. The molecule has 6 heteroatoms. The van der Waals surface area contributed by atoms with E-state index in [1.807, 2.05) is 7.05 Å². The second kappa shape index (κ2) is 14.2. The summed E-state index contributed by atoms with van der Waals surface area (Å²) in [6, 6.07) is 8.62. The minimum atomic E-state index is 0. The molecule has 164 valence electrons. The normalized spacial score (nSPS) is 18.4. The highest BCUT2D eigenvalue weighted by Gasteiger charge is 2.15. The first-order valence-corrected chi connectivity index (χ1v) is 11.0. The molecule has 0 amide bonds. The van der Waals surface area contributed by atoms with E-state index < -0.39 is 0 Å². The lowest BCUT2D eigenvalue weighted by molar-refractivity contribution is -0.0390. The van der Waals surface area contributed by atoms with Crippen molar-refractivity contribution in [1.82, 2.24) is 10.6 Å². The van der Waals surface area contributed by atoms with Crippen LogP contribution in [0.5, 0.6) is 0 Å². The van der Waals surface area contributed by atoms with Crippen LogP contribution in [0.2, 0.25) is 0 Å². The zero-order valence-corrected chi connectivity index (χ0v) is 20.2. The number of ether oxygens (including phenoxy) is 2. The molecule has 2 fully saturated rings. The maximum absolute atomic E-state index is 6.04. The van der Waals surface area contributed by atoms with Crippen molar-refractivity contribution < 1.29 is 9.47 Å². The lowest BCUT2D eigenvalue weighted by atomic mass is 10.0. The number of hydrogen-bond acceptors (Lipinski definition) is 3. The Labute approximate surface area is 193 Å². The van der Waals surface area contributed by atoms with Gasteiger partial charge in [0.2, 0.25) is 0 Å². The van der Waals surface area contributed by atoms with E-state index in [9.17, 15) is 0 Å². The summed E-state index contributed by atoms with van der Waals surface area (Å²) >= 11 is 0. The molecule has 3 rings (SSSR count). The molecule has 1 aromatic carbocycles. The molecule has 1 aromatic rings. The molecule has 0 bridgehead atoms. The molecule has 0 radical (unpaired) electrons. The fraction of sp³-hybridized carbons (Fsp3) is 0.696. The van der Waals surface area contributed by atoms with Crippen molar-refractivity contribution in [2.45, 2.75) is 70.6 Å². The van der Waals surface area contributed by atoms with Gasteiger partial charge < -0.3 is 20.1 Å². The van der Waals surface area contributed by atoms with Gasteiger partial charge >= 0.3 is 0 Å². The van der Waals surface area contributed by atoms with Gasteiger partial charge in [0.1, 0.15) is 0 Å². The van der Waals surface area contributed by atoms with Crippen molar-refractivity contribution >= 4 is 29.9 Å². The van der Waals surface area contributed by atoms with Crippen LogP contribution in [-0.4, -0.2) is 38.9 Å². The number of halogens is 1. The Kier molecular flexibility index (Phi) is 12.0. The van der Waals surface area contributed by atoms with Crippen molar-refractivity contribution in [1.29, 1.82) is 0 Å². The first-order valence-electron chi connectivity index (χ1n) is 11.0. The van der Waals surface area contributed by atoms with Crippen LogP contribution in [0.25, 0.3) is 0 Å². The van der Waals surface area contributed by atoms with Gasteiger partial charge in [-0.05, 0) is 42.7 Å². The van der Waals surface area contributed by atoms with Gasteiger partial charge in [0.15, 0.2) is 5.96 Å². The summed E-state index contributed by atoms with van der Waals surface area (Å²) in [5.41, 5.74) is 2.48. The lowest BCUT2D eigenvalue weighted by Gasteiger charge is -2.22. The summed E-state index contributed by atoms with van der Waals surface area (Å²) in [5.74, 6) is 1.85. The fourth-order valence-electron chi connectivity index (χ4n) is 4.19. The van der Waals surface area contributed by atoms with Crippen molar-refractivity contribution in [3.05, 3.63) is 35.4 Å². The Morgan fingerprint density at radius 2 is 1.86 bits per heavy atom. The minimum absolute atomic E-state index is 0. The molecule has 2 N–H and O–H groups in total. The van der Waals surface area contributed by atoms with Crippen molar-refractivity contribution in [2.75, 3.05) is 26.8 Å². The number of benzene rings is 1. The van der Waals surface area contributed by atoms with E-state index in [4.69, 9.17) is 9.47 Å². The fourth-order valence-corrected chi connectivity index (χ4v) is 4.19. The zero-order valence-electron chi connectivity index (χ0n) is 17.8. The number of rotatable bonds is 9. The Morgan fingerprint density at radius 1 is 1.10 bits per heavy atom. The average Bonchev–Trinajstić information content (AvgIpc) is 3.26. The summed E-state index contributed by atoms with van der Waals surface area (Å²) in [4.78, 5) is 4.35. The Hall–Kier alpha value is -0.860. The van der Waals surface area contributed by atoms with E-state index in [0.717, 1.165) is 51.0 Å². The summed E-state index contributed by atoms with van der Waals surface area (Å²) < 4.78 is 11.4. The summed E-state index contributed by atoms with van der Waals surface area (Å²) in [6.45, 7) is 4.08. The SMILES string of the molecule is CN=C(NCCCC1CCCC1)NCc1cccc(COC2CCOCC2)c1.I. The third-order valence-corrected chi connectivity index (χ3v) is 5.89. The van der Waals surface area contributed by atoms with E-state index in [0.29, 0.717) is 12.7 Å². The third-order valence-electron chi connectivity index (χ3n) is 5.89. The predicted molar refractivity (Wildman–Crippen MR) is 130 cm³/mol. The van der Waals surface area contributed by atoms with Gasteiger partial charge in [-0.2, -0.15) is 0 Å². The third kappa shape index (κ3) is 9.22. The van der Waals surface area contributed by atoms with Crippen LogP contribution in [-0.2, 0) is 22.6 Å². The van der Waals surface area contributed by atoms with Gasteiger partial charge in [0, 0.05) is 33.4 Å². The number of nitrogens with zero attached hydrogens (tertiary/aromatic N) is 1. The quantitative estimate of drug-likeness (QED) is 0.218. The van der Waals surface area contributed by atoms with Crippen LogP contribution < -0.4 is 10.6 Å². The van der Waals surface area contributed by atoms with E-state index >= 15 is 0 Å². The van der Waals surface area contributed by atoms with Crippen LogP contribution >= 0.6 is 24.0 Å². The maximum atomic E-state index is 6.04. The molecule has 0 aromatic heterocycles. The van der Waals surface area contributed by atoms with E-state index in [1.165, 1.54) is 49.7 Å². The number of aliphatic imine (C=N–C) groups is 1. The molecule has 1 saturated carbocycles. The van der Waals surface area contributed by atoms with Gasteiger partial charge in [-0.1, -0.05) is 49.9 Å². The first kappa shape index (κ1) is 24.4. The minimum Gasteiger partial charge on any atom is -0.381 e. The van der Waals surface area contributed by atoms with Gasteiger partial charge in [0.25, 0.3) is 0 Å². The van der Waals surface area contributed by atoms with Gasteiger partial charge in [-0.15, -0.1) is 24.0 Å². The molecule has 0 unspecified atom stereocenters. The summed E-state index contributed by atoms with van der Waals surface area (Å²) in [5, 5.41) is 6.88. The largest absolute Gasteiger partial charge is 0.381 e. The molecule has 29 heavy (non-hydrogen) atoms. The van der Waals surface area contributed by atoms with Gasteiger partial charge in [-0.3, -0.25) is 4.99 Å². The van der Waals surface area contributed by atoms with E-state index in [-0.39, 0.29) is 24.0 Å². The van der Waals surface area contributed by atoms with E-state index in [1.54, 1.807) is 0 Å². The molecule has 5 nitrogen and oxygen atoms in total. The van der Waals surface area contributed by atoms with Crippen LogP contribution in [0.15, 0.2) is 29.3 Å². The number of nitrogens with one attached hydrogen (secondary N) is 2. The molecular formula is C23H38IN3O2. The molecule has 2 aliphatic rings. The van der Waals surface area contributed by atoms with Crippen LogP contribution in [0.3, 0.4) is 0 Å². The molecule has 1 saturated heterocycles. The van der Waals surface area contributed by atoms with E-state index in [2.05, 4.69) is 39.9 Å². The van der Waals surface area contributed by atoms with Crippen molar-refractivity contribution in [3.63, 3.8) is 0 Å². The highest BCUT2D eigenvalue weighted by atomic mass is 127. The van der Waals surface area contributed by atoms with Gasteiger partial charge in [-0.25, -0.2) is 0 Å². The molecule has 1 aliphatic carbocycles. The molecule has 1 aliphatic heterocycles. The van der Waals surface area contributed by atoms with Crippen LogP contribution in [0, 0.1) is 5.92 Å². The van der Waals surface area contributed by atoms with Gasteiger partial charge in [0.05, 0.1) is 12.7 Å². The average molecular weight is 515 g/mol. The monoisotopic (exact) mass is 515 g/mol. The standard InChI is InChI=1S/C23H37N3O2.HI/c1-24-23(25-13-5-10-19-6-2-3-7-19)26-17-20-8-4-9-21(16-20)18-28-22-11-14-27-15-12-22;/h4,8-9,16,19,22H,2-3,5-7,10-15,17-18H2,1H3,(H2,24,25,26);1H. The topological polar surface area (TPSA) is 54.9 Å². The zero-order chi connectivity index (χ0) is 19.4. The lowest BCUT2D eigenvalue weighted by Crippen LogP contribution is -2.37. The smallest absolute Gasteiger partial charge is 0.191 e. The highest BCUT2D eigenvalue weighted by molar-refractivity contribution is 14.0. The molecule has 0 atom stereocenters. The number of guanidine groups is 1. The van der Waals surface area contributed by atoms with Crippen molar-refractivity contribution in [3.8, 4) is 0 Å². The second-order valence-electron chi connectivity index (χ2n) is 8.09.